The summed E-state index contributed by atoms with van der Waals surface area (Å²) in [4.78, 5) is 4.25. The zero-order valence-corrected chi connectivity index (χ0v) is 14.0. The van der Waals surface area contributed by atoms with Crippen LogP contribution in [-0.4, -0.2) is 53.5 Å². The fraction of sp³-hybridized carbons (Fsp3) is 0.889. The first-order chi connectivity index (χ1) is 7.99. The lowest BCUT2D eigenvalue weighted by Crippen LogP contribution is -2.40. The number of aliphatic imine (C=N–C) groups is 1. The molecule has 0 spiro atoms. The van der Waals surface area contributed by atoms with E-state index in [1.165, 1.54) is 0 Å². The third-order valence-corrected chi connectivity index (χ3v) is 2.57. The van der Waals surface area contributed by atoms with Gasteiger partial charge in [-0.3, -0.25) is 4.99 Å². The number of halogens is 1. The van der Waals surface area contributed by atoms with Crippen LogP contribution in [-0.2, 0) is 14.8 Å². The van der Waals surface area contributed by atoms with Gasteiger partial charge in [-0.05, 0) is 13.3 Å². The van der Waals surface area contributed by atoms with Gasteiger partial charge in [0.1, 0.15) is 0 Å². The third kappa shape index (κ3) is 13.9. The molecule has 110 valence electrons. The molecule has 0 fully saturated rings. The molecule has 0 amide bonds. The Morgan fingerprint density at radius 3 is 2.56 bits per heavy atom. The van der Waals surface area contributed by atoms with Crippen LogP contribution in [0.1, 0.15) is 13.3 Å². The quantitative estimate of drug-likeness (QED) is 0.223. The zero-order valence-electron chi connectivity index (χ0n) is 10.8. The first-order valence-electron chi connectivity index (χ1n) is 5.51. The SMILES string of the molecule is CCNC(=NCCCOC)NCCS(N)(=O)=O.I. The van der Waals surface area contributed by atoms with Gasteiger partial charge in [-0.1, -0.05) is 0 Å². The van der Waals surface area contributed by atoms with Crippen molar-refractivity contribution in [1.29, 1.82) is 0 Å². The molecular weight excluding hydrogens is 371 g/mol. The third-order valence-electron chi connectivity index (χ3n) is 1.80. The molecule has 0 heterocycles. The molecule has 0 aromatic rings. The summed E-state index contributed by atoms with van der Waals surface area (Å²) in [6.45, 7) is 4.17. The normalized spacial score (nSPS) is 11.8. The van der Waals surface area contributed by atoms with E-state index in [-0.39, 0.29) is 36.3 Å². The molecule has 0 aliphatic carbocycles. The largest absolute Gasteiger partial charge is 0.385 e. The molecule has 7 nitrogen and oxygen atoms in total. The van der Waals surface area contributed by atoms with Gasteiger partial charge in [0.25, 0.3) is 0 Å². The molecule has 0 radical (unpaired) electrons. The lowest BCUT2D eigenvalue weighted by atomic mass is 10.5. The standard InChI is InChI=1S/C9H22N4O3S.HI/c1-3-11-9(12-5-4-7-16-2)13-6-8-17(10,14)15;/h3-8H2,1-2H3,(H2,10,14,15)(H2,11,12,13);1H. The van der Waals surface area contributed by atoms with E-state index >= 15 is 0 Å². The summed E-state index contributed by atoms with van der Waals surface area (Å²) in [5, 5.41) is 10.8. The highest BCUT2D eigenvalue weighted by Crippen LogP contribution is 1.83. The van der Waals surface area contributed by atoms with Crippen LogP contribution in [0.3, 0.4) is 0 Å². The molecule has 0 rings (SSSR count). The molecule has 4 N–H and O–H groups in total. The number of rotatable bonds is 8. The Bertz CT molecular complexity index is 322. The predicted molar refractivity (Wildman–Crippen MR) is 83.9 cm³/mol. The number of nitrogens with zero attached hydrogens (tertiary/aromatic N) is 1. The number of hydrogen-bond acceptors (Lipinski definition) is 4. The van der Waals surface area contributed by atoms with Crippen molar-refractivity contribution in [3.63, 3.8) is 0 Å². The van der Waals surface area contributed by atoms with Crippen molar-refractivity contribution >= 4 is 40.0 Å². The first kappa shape index (κ1) is 20.2. The van der Waals surface area contributed by atoms with Crippen LogP contribution in [0.15, 0.2) is 4.99 Å². The smallest absolute Gasteiger partial charge is 0.210 e. The van der Waals surface area contributed by atoms with Crippen LogP contribution in [0.4, 0.5) is 0 Å². The molecule has 0 atom stereocenters. The zero-order chi connectivity index (χ0) is 13.1. The molecule has 0 aromatic heterocycles. The summed E-state index contributed by atoms with van der Waals surface area (Å²) >= 11 is 0. The minimum absolute atomic E-state index is 0. The van der Waals surface area contributed by atoms with E-state index in [0.29, 0.717) is 25.7 Å². The number of sulfonamides is 1. The molecule has 0 aromatic carbocycles. The summed E-state index contributed by atoms with van der Waals surface area (Å²) in [6.07, 6.45) is 0.822. The molecular formula is C9H23IN4O3S. The van der Waals surface area contributed by atoms with Gasteiger partial charge in [0.15, 0.2) is 5.96 Å². The minimum atomic E-state index is -3.43. The van der Waals surface area contributed by atoms with Crippen LogP contribution in [0.5, 0.6) is 0 Å². The van der Waals surface area contributed by atoms with E-state index < -0.39 is 10.0 Å². The molecule has 0 saturated carbocycles. The van der Waals surface area contributed by atoms with Crippen molar-refractivity contribution in [1.82, 2.24) is 10.6 Å². The van der Waals surface area contributed by atoms with Crippen molar-refractivity contribution in [3.8, 4) is 0 Å². The number of nitrogens with two attached hydrogens (primary N) is 1. The van der Waals surface area contributed by atoms with E-state index in [4.69, 9.17) is 9.88 Å². The number of ether oxygens (including phenoxy) is 1. The second-order valence-electron chi connectivity index (χ2n) is 3.40. The van der Waals surface area contributed by atoms with Gasteiger partial charge in [0, 0.05) is 33.4 Å². The predicted octanol–water partition coefficient (Wildman–Crippen LogP) is -0.515. The Morgan fingerprint density at radius 1 is 1.39 bits per heavy atom. The Labute approximate surface area is 126 Å². The van der Waals surface area contributed by atoms with Crippen molar-refractivity contribution in [3.05, 3.63) is 0 Å². The van der Waals surface area contributed by atoms with Gasteiger partial charge in [0.2, 0.25) is 10.0 Å². The van der Waals surface area contributed by atoms with Gasteiger partial charge in [-0.2, -0.15) is 0 Å². The van der Waals surface area contributed by atoms with Gasteiger partial charge in [-0.15, -0.1) is 24.0 Å². The summed E-state index contributed by atoms with van der Waals surface area (Å²) in [5.41, 5.74) is 0. The van der Waals surface area contributed by atoms with Crippen molar-refractivity contribution in [2.75, 3.05) is 39.1 Å². The Morgan fingerprint density at radius 2 is 2.06 bits per heavy atom. The average molecular weight is 394 g/mol. The van der Waals surface area contributed by atoms with Crippen LogP contribution >= 0.6 is 24.0 Å². The number of hydrogen-bond donors (Lipinski definition) is 3. The second kappa shape index (κ2) is 11.9. The molecule has 18 heavy (non-hydrogen) atoms. The second-order valence-corrected chi connectivity index (χ2v) is 5.13. The fourth-order valence-electron chi connectivity index (χ4n) is 1.05. The maximum absolute atomic E-state index is 10.7. The average Bonchev–Trinajstić information content (AvgIpc) is 2.22. The highest BCUT2D eigenvalue weighted by molar-refractivity contribution is 14.0. The maximum atomic E-state index is 10.7. The monoisotopic (exact) mass is 394 g/mol. The first-order valence-corrected chi connectivity index (χ1v) is 7.22. The number of primary sulfonamides is 1. The lowest BCUT2D eigenvalue weighted by molar-refractivity contribution is 0.197. The topological polar surface area (TPSA) is 106 Å². The minimum Gasteiger partial charge on any atom is -0.385 e. The van der Waals surface area contributed by atoms with Gasteiger partial charge in [-0.25, -0.2) is 13.6 Å². The summed E-state index contributed by atoms with van der Waals surface area (Å²) in [5.74, 6) is 0.474. The van der Waals surface area contributed by atoms with Crippen LogP contribution in [0.2, 0.25) is 0 Å². The Hall–Kier alpha value is -0.130. The van der Waals surface area contributed by atoms with Crippen LogP contribution < -0.4 is 15.8 Å². The van der Waals surface area contributed by atoms with Crippen molar-refractivity contribution < 1.29 is 13.2 Å². The van der Waals surface area contributed by atoms with Crippen molar-refractivity contribution in [2.45, 2.75) is 13.3 Å². The van der Waals surface area contributed by atoms with E-state index in [1.807, 2.05) is 6.92 Å². The molecule has 0 aliphatic heterocycles. The van der Waals surface area contributed by atoms with Crippen molar-refractivity contribution in [2.24, 2.45) is 10.1 Å². The summed E-state index contributed by atoms with van der Waals surface area (Å²) < 4.78 is 26.4. The van der Waals surface area contributed by atoms with Gasteiger partial charge in [0.05, 0.1) is 5.75 Å². The molecule has 0 saturated heterocycles. The lowest BCUT2D eigenvalue weighted by Gasteiger charge is -2.10. The van der Waals surface area contributed by atoms with E-state index in [0.717, 1.165) is 6.42 Å². The molecule has 0 unspecified atom stereocenters. The fourth-order valence-corrected chi connectivity index (χ4v) is 1.44. The number of guanidine groups is 1. The molecule has 9 heteroatoms. The maximum Gasteiger partial charge on any atom is 0.210 e. The van der Waals surface area contributed by atoms with Crippen LogP contribution in [0.25, 0.3) is 0 Å². The number of nitrogens with one attached hydrogen (secondary N) is 2. The number of methoxy groups -OCH3 is 1. The van der Waals surface area contributed by atoms with Gasteiger partial charge >= 0.3 is 0 Å². The van der Waals surface area contributed by atoms with E-state index in [9.17, 15) is 8.42 Å². The van der Waals surface area contributed by atoms with E-state index in [1.54, 1.807) is 7.11 Å². The Kier molecular flexibility index (Phi) is 13.4. The highest BCUT2D eigenvalue weighted by atomic mass is 127. The van der Waals surface area contributed by atoms with E-state index in [2.05, 4.69) is 15.6 Å². The highest BCUT2D eigenvalue weighted by Gasteiger charge is 2.03. The molecule has 0 bridgehead atoms. The molecule has 0 aliphatic rings. The van der Waals surface area contributed by atoms with Gasteiger partial charge < -0.3 is 15.4 Å². The Balaban J connectivity index is 0. The summed E-state index contributed by atoms with van der Waals surface area (Å²) in [7, 11) is -1.79. The summed E-state index contributed by atoms with van der Waals surface area (Å²) in [6, 6.07) is 0. The van der Waals surface area contributed by atoms with Crippen LogP contribution in [0, 0.1) is 0 Å².